The lowest BCUT2D eigenvalue weighted by molar-refractivity contribution is -0.138. The van der Waals surface area contributed by atoms with Crippen LogP contribution in [0.15, 0.2) is 48.5 Å². The molecule has 0 spiro atoms. The standard InChI is InChI=1S/C19H22O4/c1-3-11-23-15-8-6-7-14(12-15)13-17(19(20)21)16-9-4-5-10-18(16)22-2/h4-10,12,17H,3,11,13H2,1-2H3,(H,20,21). The second-order valence-electron chi connectivity index (χ2n) is 5.33. The summed E-state index contributed by atoms with van der Waals surface area (Å²) >= 11 is 0. The van der Waals surface area contributed by atoms with E-state index in [-0.39, 0.29) is 0 Å². The van der Waals surface area contributed by atoms with E-state index in [1.807, 2.05) is 43.3 Å². The molecule has 0 amide bonds. The predicted molar refractivity (Wildman–Crippen MR) is 89.3 cm³/mol. The Morgan fingerprint density at radius 1 is 1.17 bits per heavy atom. The SMILES string of the molecule is CCCOc1cccc(CC(C(=O)O)c2ccccc2OC)c1. The van der Waals surface area contributed by atoms with Crippen molar-refractivity contribution < 1.29 is 19.4 Å². The van der Waals surface area contributed by atoms with Crippen molar-refractivity contribution in [3.8, 4) is 11.5 Å². The van der Waals surface area contributed by atoms with E-state index in [9.17, 15) is 9.90 Å². The van der Waals surface area contributed by atoms with E-state index in [1.165, 1.54) is 0 Å². The first-order valence-electron chi connectivity index (χ1n) is 7.73. The molecular weight excluding hydrogens is 292 g/mol. The van der Waals surface area contributed by atoms with Gasteiger partial charge in [-0.25, -0.2) is 0 Å². The molecule has 2 aromatic carbocycles. The molecular formula is C19H22O4. The molecule has 0 bridgehead atoms. The number of benzene rings is 2. The highest BCUT2D eigenvalue weighted by Gasteiger charge is 2.23. The Kier molecular flexibility index (Phi) is 6.03. The van der Waals surface area contributed by atoms with E-state index < -0.39 is 11.9 Å². The van der Waals surface area contributed by atoms with Crippen molar-refractivity contribution >= 4 is 5.97 Å². The van der Waals surface area contributed by atoms with Crippen LogP contribution in [0.4, 0.5) is 0 Å². The zero-order valence-corrected chi connectivity index (χ0v) is 13.5. The molecule has 0 aliphatic carbocycles. The average molecular weight is 314 g/mol. The number of hydrogen-bond donors (Lipinski definition) is 1. The molecule has 0 aliphatic heterocycles. The Balaban J connectivity index is 2.25. The van der Waals surface area contributed by atoms with Crippen LogP contribution < -0.4 is 9.47 Å². The average Bonchev–Trinajstić information content (AvgIpc) is 2.58. The summed E-state index contributed by atoms with van der Waals surface area (Å²) in [4.78, 5) is 11.7. The summed E-state index contributed by atoms with van der Waals surface area (Å²) in [6.07, 6.45) is 1.32. The van der Waals surface area contributed by atoms with E-state index in [4.69, 9.17) is 9.47 Å². The van der Waals surface area contributed by atoms with Crippen LogP contribution in [0.1, 0.15) is 30.4 Å². The highest BCUT2D eigenvalue weighted by Crippen LogP contribution is 2.30. The monoisotopic (exact) mass is 314 g/mol. The lowest BCUT2D eigenvalue weighted by Gasteiger charge is -2.16. The molecule has 0 fully saturated rings. The molecule has 0 radical (unpaired) electrons. The van der Waals surface area contributed by atoms with E-state index in [2.05, 4.69) is 0 Å². The maximum absolute atomic E-state index is 11.7. The Bertz CT molecular complexity index is 651. The predicted octanol–water partition coefficient (Wildman–Crippen LogP) is 3.89. The van der Waals surface area contributed by atoms with Crippen molar-refractivity contribution in [2.45, 2.75) is 25.7 Å². The number of carboxylic acid groups (broad SMARTS) is 1. The van der Waals surface area contributed by atoms with Crippen molar-refractivity contribution in [2.75, 3.05) is 13.7 Å². The van der Waals surface area contributed by atoms with Gasteiger partial charge in [-0.3, -0.25) is 4.79 Å². The molecule has 0 saturated heterocycles. The molecule has 0 aliphatic rings. The molecule has 0 saturated carbocycles. The normalized spacial score (nSPS) is 11.7. The molecule has 0 heterocycles. The number of ether oxygens (including phenoxy) is 2. The van der Waals surface area contributed by atoms with Gasteiger partial charge in [0.25, 0.3) is 0 Å². The topological polar surface area (TPSA) is 55.8 Å². The third-order valence-corrected chi connectivity index (χ3v) is 3.62. The van der Waals surface area contributed by atoms with Crippen LogP contribution in [0.25, 0.3) is 0 Å². The zero-order valence-electron chi connectivity index (χ0n) is 13.5. The highest BCUT2D eigenvalue weighted by molar-refractivity contribution is 5.77. The van der Waals surface area contributed by atoms with Crippen LogP contribution in [0.5, 0.6) is 11.5 Å². The van der Waals surface area contributed by atoms with Gasteiger partial charge in [0.15, 0.2) is 0 Å². The van der Waals surface area contributed by atoms with Crippen LogP contribution in [0.3, 0.4) is 0 Å². The van der Waals surface area contributed by atoms with Crippen molar-refractivity contribution in [1.29, 1.82) is 0 Å². The molecule has 4 heteroatoms. The van der Waals surface area contributed by atoms with E-state index in [1.54, 1.807) is 19.2 Å². The maximum Gasteiger partial charge on any atom is 0.311 e. The van der Waals surface area contributed by atoms with E-state index in [0.29, 0.717) is 24.3 Å². The van der Waals surface area contributed by atoms with Crippen LogP contribution in [-0.4, -0.2) is 24.8 Å². The van der Waals surface area contributed by atoms with Gasteiger partial charge in [-0.1, -0.05) is 37.3 Å². The molecule has 23 heavy (non-hydrogen) atoms. The molecule has 2 aromatic rings. The molecule has 1 N–H and O–H groups in total. The molecule has 1 atom stereocenters. The molecule has 2 rings (SSSR count). The minimum absolute atomic E-state index is 0.388. The van der Waals surface area contributed by atoms with Gasteiger partial charge in [0.2, 0.25) is 0 Å². The fraction of sp³-hybridized carbons (Fsp3) is 0.316. The van der Waals surface area contributed by atoms with Gasteiger partial charge >= 0.3 is 5.97 Å². The number of aliphatic carboxylic acids is 1. The van der Waals surface area contributed by atoms with Crippen LogP contribution in [0.2, 0.25) is 0 Å². The second-order valence-corrected chi connectivity index (χ2v) is 5.33. The van der Waals surface area contributed by atoms with Gasteiger partial charge < -0.3 is 14.6 Å². The first-order valence-corrected chi connectivity index (χ1v) is 7.73. The van der Waals surface area contributed by atoms with Crippen molar-refractivity contribution in [3.63, 3.8) is 0 Å². The number of carboxylic acids is 1. The van der Waals surface area contributed by atoms with Crippen molar-refractivity contribution in [3.05, 3.63) is 59.7 Å². The van der Waals surface area contributed by atoms with Crippen LogP contribution in [0, 0.1) is 0 Å². The fourth-order valence-electron chi connectivity index (χ4n) is 2.50. The summed E-state index contributed by atoms with van der Waals surface area (Å²) in [6, 6.07) is 14.8. The van der Waals surface area contributed by atoms with Crippen LogP contribution >= 0.6 is 0 Å². The Labute approximate surface area is 136 Å². The number of hydrogen-bond acceptors (Lipinski definition) is 3. The summed E-state index contributed by atoms with van der Waals surface area (Å²) in [7, 11) is 1.55. The van der Waals surface area contributed by atoms with Crippen molar-refractivity contribution in [1.82, 2.24) is 0 Å². The molecule has 4 nitrogen and oxygen atoms in total. The molecule has 0 aromatic heterocycles. The van der Waals surface area contributed by atoms with Crippen molar-refractivity contribution in [2.24, 2.45) is 0 Å². The zero-order chi connectivity index (χ0) is 16.7. The van der Waals surface area contributed by atoms with Gasteiger partial charge in [0, 0.05) is 5.56 Å². The summed E-state index contributed by atoms with van der Waals surface area (Å²) in [5, 5.41) is 9.63. The minimum atomic E-state index is -0.866. The smallest absolute Gasteiger partial charge is 0.311 e. The Hall–Kier alpha value is -2.49. The third-order valence-electron chi connectivity index (χ3n) is 3.62. The summed E-state index contributed by atoms with van der Waals surface area (Å²) in [5.41, 5.74) is 1.61. The van der Waals surface area contributed by atoms with E-state index in [0.717, 1.165) is 17.7 Å². The van der Waals surface area contributed by atoms with Gasteiger partial charge in [-0.15, -0.1) is 0 Å². The van der Waals surface area contributed by atoms with Gasteiger partial charge in [0.1, 0.15) is 11.5 Å². The van der Waals surface area contributed by atoms with Gasteiger partial charge in [0.05, 0.1) is 19.6 Å². The Morgan fingerprint density at radius 2 is 1.96 bits per heavy atom. The first-order chi connectivity index (χ1) is 11.2. The van der Waals surface area contributed by atoms with Gasteiger partial charge in [-0.2, -0.15) is 0 Å². The first kappa shape index (κ1) is 16.9. The fourth-order valence-corrected chi connectivity index (χ4v) is 2.50. The maximum atomic E-state index is 11.7. The highest BCUT2D eigenvalue weighted by atomic mass is 16.5. The largest absolute Gasteiger partial charge is 0.496 e. The third kappa shape index (κ3) is 4.49. The Morgan fingerprint density at radius 3 is 2.65 bits per heavy atom. The minimum Gasteiger partial charge on any atom is -0.496 e. The number of carbonyl (C=O) groups is 1. The van der Waals surface area contributed by atoms with Gasteiger partial charge in [-0.05, 0) is 36.6 Å². The van der Waals surface area contributed by atoms with E-state index >= 15 is 0 Å². The molecule has 122 valence electrons. The number of para-hydroxylation sites is 1. The summed E-state index contributed by atoms with van der Waals surface area (Å²) in [5.74, 6) is -0.159. The summed E-state index contributed by atoms with van der Waals surface area (Å²) in [6.45, 7) is 2.70. The quantitative estimate of drug-likeness (QED) is 0.803. The lowest BCUT2D eigenvalue weighted by Crippen LogP contribution is -2.15. The van der Waals surface area contributed by atoms with Crippen LogP contribution in [-0.2, 0) is 11.2 Å². The molecule has 1 unspecified atom stereocenters. The number of methoxy groups -OCH3 is 1. The second kappa shape index (κ2) is 8.22. The number of rotatable bonds is 8. The summed E-state index contributed by atoms with van der Waals surface area (Å²) < 4.78 is 10.9. The lowest BCUT2D eigenvalue weighted by atomic mass is 9.91.